The van der Waals surface area contributed by atoms with E-state index < -0.39 is 5.54 Å². The standard InChI is InChI=1S/C10H19NO3/c1-7(2)11-10(9(12)14-4)5-8(6-10)13-3/h7-8,11H,5-6H2,1-4H3. The van der Waals surface area contributed by atoms with Gasteiger partial charge in [0.1, 0.15) is 5.54 Å². The molecule has 1 aliphatic carbocycles. The zero-order valence-electron chi connectivity index (χ0n) is 9.29. The fourth-order valence-electron chi connectivity index (χ4n) is 1.98. The fraction of sp³-hybridized carbons (Fsp3) is 0.900. The summed E-state index contributed by atoms with van der Waals surface area (Å²) in [6.45, 7) is 4.04. The minimum absolute atomic E-state index is 0.181. The van der Waals surface area contributed by atoms with Gasteiger partial charge in [0, 0.05) is 26.0 Å². The van der Waals surface area contributed by atoms with Crippen LogP contribution < -0.4 is 5.32 Å². The van der Waals surface area contributed by atoms with Crippen LogP contribution in [0.2, 0.25) is 0 Å². The van der Waals surface area contributed by atoms with Crippen LogP contribution in [0.5, 0.6) is 0 Å². The lowest BCUT2D eigenvalue weighted by atomic mass is 9.73. The van der Waals surface area contributed by atoms with Gasteiger partial charge in [-0.1, -0.05) is 0 Å². The maximum atomic E-state index is 11.6. The highest BCUT2D eigenvalue weighted by Gasteiger charge is 2.51. The van der Waals surface area contributed by atoms with Crippen molar-refractivity contribution < 1.29 is 14.3 Å². The van der Waals surface area contributed by atoms with Crippen LogP contribution in [0.1, 0.15) is 26.7 Å². The molecular formula is C10H19NO3. The van der Waals surface area contributed by atoms with Gasteiger partial charge in [-0.3, -0.25) is 10.1 Å². The SMILES string of the molecule is COC(=O)C1(NC(C)C)CC(OC)C1. The third-order valence-electron chi connectivity index (χ3n) is 2.63. The van der Waals surface area contributed by atoms with Crippen LogP contribution in [0.3, 0.4) is 0 Å². The molecule has 0 aliphatic heterocycles. The van der Waals surface area contributed by atoms with Crippen LogP contribution in [-0.4, -0.2) is 37.9 Å². The lowest BCUT2D eigenvalue weighted by Crippen LogP contribution is -2.65. The van der Waals surface area contributed by atoms with Crippen LogP contribution >= 0.6 is 0 Å². The monoisotopic (exact) mass is 201 g/mol. The largest absolute Gasteiger partial charge is 0.468 e. The van der Waals surface area contributed by atoms with Gasteiger partial charge in [0.05, 0.1) is 13.2 Å². The van der Waals surface area contributed by atoms with Gasteiger partial charge in [0.15, 0.2) is 0 Å². The van der Waals surface area contributed by atoms with Gasteiger partial charge < -0.3 is 9.47 Å². The molecule has 0 aromatic rings. The van der Waals surface area contributed by atoms with E-state index in [0.717, 1.165) is 0 Å². The lowest BCUT2D eigenvalue weighted by molar-refractivity contribution is -0.160. The van der Waals surface area contributed by atoms with E-state index in [1.54, 1.807) is 7.11 Å². The molecule has 1 saturated carbocycles. The quantitative estimate of drug-likeness (QED) is 0.680. The number of ether oxygens (including phenoxy) is 2. The van der Waals surface area contributed by atoms with E-state index in [0.29, 0.717) is 12.8 Å². The summed E-state index contributed by atoms with van der Waals surface area (Å²) in [4.78, 5) is 11.6. The van der Waals surface area contributed by atoms with Gasteiger partial charge in [0.25, 0.3) is 0 Å². The Balaban J connectivity index is 2.60. The average Bonchev–Trinajstić information content (AvgIpc) is 2.08. The number of carbonyl (C=O) groups excluding carboxylic acids is 1. The highest BCUT2D eigenvalue weighted by Crippen LogP contribution is 2.35. The van der Waals surface area contributed by atoms with Crippen molar-refractivity contribution in [2.45, 2.75) is 44.4 Å². The van der Waals surface area contributed by atoms with E-state index >= 15 is 0 Å². The van der Waals surface area contributed by atoms with E-state index in [-0.39, 0.29) is 18.1 Å². The number of carbonyl (C=O) groups is 1. The summed E-state index contributed by atoms with van der Waals surface area (Å²) in [6.07, 6.45) is 1.59. The van der Waals surface area contributed by atoms with Gasteiger partial charge in [-0.15, -0.1) is 0 Å². The summed E-state index contributed by atoms with van der Waals surface area (Å²) in [6, 6.07) is 0.270. The molecule has 0 spiro atoms. The molecule has 1 aliphatic rings. The molecule has 14 heavy (non-hydrogen) atoms. The van der Waals surface area contributed by atoms with Crippen molar-refractivity contribution in [2.75, 3.05) is 14.2 Å². The molecule has 0 amide bonds. The second-order valence-electron chi connectivity index (χ2n) is 4.14. The van der Waals surface area contributed by atoms with Crippen LogP contribution in [0, 0.1) is 0 Å². The fourth-order valence-corrected chi connectivity index (χ4v) is 1.98. The van der Waals surface area contributed by atoms with Gasteiger partial charge in [-0.2, -0.15) is 0 Å². The Morgan fingerprint density at radius 1 is 1.43 bits per heavy atom. The number of esters is 1. The first-order valence-electron chi connectivity index (χ1n) is 4.93. The topological polar surface area (TPSA) is 47.6 Å². The number of hydrogen-bond donors (Lipinski definition) is 1. The van der Waals surface area contributed by atoms with Crippen LogP contribution in [0.4, 0.5) is 0 Å². The maximum absolute atomic E-state index is 11.6. The summed E-state index contributed by atoms with van der Waals surface area (Å²) in [7, 11) is 3.09. The van der Waals surface area contributed by atoms with E-state index in [4.69, 9.17) is 9.47 Å². The van der Waals surface area contributed by atoms with Crippen molar-refractivity contribution in [1.29, 1.82) is 0 Å². The molecule has 0 bridgehead atoms. The summed E-state index contributed by atoms with van der Waals surface area (Å²) in [5.74, 6) is -0.181. The highest BCUT2D eigenvalue weighted by molar-refractivity contribution is 5.82. The van der Waals surface area contributed by atoms with E-state index in [9.17, 15) is 4.79 Å². The summed E-state index contributed by atoms with van der Waals surface area (Å²) in [5.41, 5.74) is -0.510. The Labute approximate surface area is 85.0 Å². The molecule has 0 saturated heterocycles. The van der Waals surface area contributed by atoms with Crippen LogP contribution in [0.15, 0.2) is 0 Å². The molecule has 0 heterocycles. The van der Waals surface area contributed by atoms with Crippen molar-refractivity contribution in [3.8, 4) is 0 Å². The Bertz CT molecular complexity index is 209. The molecule has 0 radical (unpaired) electrons. The molecule has 0 atom stereocenters. The van der Waals surface area contributed by atoms with E-state index in [2.05, 4.69) is 5.32 Å². The van der Waals surface area contributed by atoms with Gasteiger partial charge >= 0.3 is 5.97 Å². The van der Waals surface area contributed by atoms with Crippen molar-refractivity contribution in [2.24, 2.45) is 0 Å². The second kappa shape index (κ2) is 4.28. The number of methoxy groups -OCH3 is 2. The molecule has 1 N–H and O–H groups in total. The van der Waals surface area contributed by atoms with Crippen molar-refractivity contribution in [1.82, 2.24) is 5.32 Å². The Kier molecular flexibility index (Phi) is 3.50. The van der Waals surface area contributed by atoms with Crippen LogP contribution in [0.25, 0.3) is 0 Å². The predicted octanol–water partition coefficient (Wildman–Crippen LogP) is 0.705. The minimum atomic E-state index is -0.510. The molecule has 0 aromatic carbocycles. The summed E-state index contributed by atoms with van der Waals surface area (Å²) < 4.78 is 9.96. The Hall–Kier alpha value is -0.610. The Morgan fingerprint density at radius 2 is 2.00 bits per heavy atom. The Morgan fingerprint density at radius 3 is 2.36 bits per heavy atom. The first-order chi connectivity index (χ1) is 6.54. The molecule has 0 unspecified atom stereocenters. The van der Waals surface area contributed by atoms with E-state index in [1.807, 2.05) is 13.8 Å². The van der Waals surface area contributed by atoms with Crippen molar-refractivity contribution in [3.05, 3.63) is 0 Å². The van der Waals surface area contributed by atoms with Gasteiger partial charge in [-0.25, -0.2) is 0 Å². The van der Waals surface area contributed by atoms with Gasteiger partial charge in [0.2, 0.25) is 0 Å². The third-order valence-corrected chi connectivity index (χ3v) is 2.63. The minimum Gasteiger partial charge on any atom is -0.468 e. The molecule has 0 aromatic heterocycles. The molecule has 82 valence electrons. The first kappa shape index (κ1) is 11.5. The molecule has 1 fully saturated rings. The normalized spacial score (nSPS) is 31.4. The van der Waals surface area contributed by atoms with E-state index in [1.165, 1.54) is 7.11 Å². The maximum Gasteiger partial charge on any atom is 0.326 e. The summed E-state index contributed by atoms with van der Waals surface area (Å²) >= 11 is 0. The number of nitrogens with one attached hydrogen (secondary N) is 1. The number of rotatable bonds is 4. The summed E-state index contributed by atoms with van der Waals surface area (Å²) in [5, 5.41) is 3.25. The second-order valence-corrected chi connectivity index (χ2v) is 4.14. The van der Waals surface area contributed by atoms with Crippen molar-refractivity contribution >= 4 is 5.97 Å². The van der Waals surface area contributed by atoms with Crippen LogP contribution in [-0.2, 0) is 14.3 Å². The molecule has 4 nitrogen and oxygen atoms in total. The molecule has 4 heteroatoms. The molecular weight excluding hydrogens is 182 g/mol. The van der Waals surface area contributed by atoms with Crippen molar-refractivity contribution in [3.63, 3.8) is 0 Å². The highest BCUT2D eigenvalue weighted by atomic mass is 16.5. The zero-order valence-corrected chi connectivity index (χ0v) is 9.29. The average molecular weight is 201 g/mol. The number of hydrogen-bond acceptors (Lipinski definition) is 4. The lowest BCUT2D eigenvalue weighted by Gasteiger charge is -2.45. The van der Waals surface area contributed by atoms with Gasteiger partial charge in [-0.05, 0) is 13.8 Å². The molecule has 1 rings (SSSR count). The predicted molar refractivity (Wildman–Crippen MR) is 53.0 cm³/mol. The zero-order chi connectivity index (χ0) is 10.8. The smallest absolute Gasteiger partial charge is 0.326 e. The third kappa shape index (κ3) is 2.07. The first-order valence-corrected chi connectivity index (χ1v) is 4.93.